The van der Waals surface area contributed by atoms with Gasteiger partial charge in [-0.05, 0) is 24.3 Å². The zero-order valence-electron chi connectivity index (χ0n) is 13.5. The fourth-order valence-corrected chi connectivity index (χ4v) is 2.90. The monoisotopic (exact) mass is 361 g/mol. The number of pyridine rings is 1. The predicted molar refractivity (Wildman–Crippen MR) is 87.9 cm³/mol. The van der Waals surface area contributed by atoms with E-state index in [0.717, 1.165) is 17.0 Å². The highest BCUT2D eigenvalue weighted by atomic mass is 19.4. The number of benzene rings is 1. The number of alkyl halides is 3. The zero-order chi connectivity index (χ0) is 18.3. The number of nitrogens with one attached hydrogen (secondary N) is 1. The molecule has 5 nitrogen and oxygen atoms in total. The molecule has 0 spiro atoms. The van der Waals surface area contributed by atoms with Crippen molar-refractivity contribution in [1.82, 2.24) is 14.9 Å². The van der Waals surface area contributed by atoms with Crippen molar-refractivity contribution in [2.75, 3.05) is 13.1 Å². The first-order chi connectivity index (χ1) is 12.4. The number of para-hydroxylation sites is 1. The van der Waals surface area contributed by atoms with E-state index in [4.69, 9.17) is 4.74 Å². The van der Waals surface area contributed by atoms with Crippen molar-refractivity contribution >= 4 is 16.8 Å². The molecule has 0 atom stereocenters. The highest BCUT2D eigenvalue weighted by Crippen LogP contribution is 2.35. The number of rotatable bonds is 3. The molecule has 0 unspecified atom stereocenters. The Bertz CT molecular complexity index is 928. The smallest absolute Gasteiger partial charge is 0.421 e. The van der Waals surface area contributed by atoms with Crippen LogP contribution in [-0.2, 0) is 6.18 Å². The maximum atomic E-state index is 13.0. The Morgan fingerprint density at radius 2 is 1.96 bits per heavy atom. The minimum Gasteiger partial charge on any atom is -0.470 e. The molecule has 1 aliphatic rings. The number of aromatic amines is 1. The molecule has 0 aliphatic carbocycles. The molecule has 3 heterocycles. The van der Waals surface area contributed by atoms with Gasteiger partial charge in [0.25, 0.3) is 5.91 Å². The van der Waals surface area contributed by atoms with Crippen LogP contribution in [0.15, 0.2) is 48.7 Å². The third kappa shape index (κ3) is 2.98. The number of hydrogen-bond acceptors (Lipinski definition) is 3. The number of nitrogens with zero attached hydrogens (tertiary/aromatic N) is 2. The molecule has 134 valence electrons. The number of carbonyl (C=O) groups excluding carboxylic acids is 1. The fourth-order valence-electron chi connectivity index (χ4n) is 2.90. The summed E-state index contributed by atoms with van der Waals surface area (Å²) in [5, 5.41) is 0.924. The minimum atomic E-state index is -4.53. The van der Waals surface area contributed by atoms with Crippen LogP contribution in [-0.4, -0.2) is 40.0 Å². The zero-order valence-corrected chi connectivity index (χ0v) is 13.5. The summed E-state index contributed by atoms with van der Waals surface area (Å²) in [5.74, 6) is -0.666. The fraction of sp³-hybridized carbons (Fsp3) is 0.222. The van der Waals surface area contributed by atoms with Gasteiger partial charge in [-0.25, -0.2) is 4.98 Å². The molecule has 0 radical (unpaired) electrons. The van der Waals surface area contributed by atoms with Crippen LogP contribution in [0.5, 0.6) is 5.88 Å². The maximum absolute atomic E-state index is 13.0. The van der Waals surface area contributed by atoms with Gasteiger partial charge in [-0.1, -0.05) is 18.2 Å². The predicted octanol–water partition coefficient (Wildman–Crippen LogP) is 3.49. The number of aromatic nitrogens is 2. The molecule has 3 aromatic rings. The number of amides is 1. The lowest BCUT2D eigenvalue weighted by molar-refractivity contribution is -0.140. The summed E-state index contributed by atoms with van der Waals surface area (Å²) >= 11 is 0. The van der Waals surface area contributed by atoms with Gasteiger partial charge < -0.3 is 14.6 Å². The third-order valence-electron chi connectivity index (χ3n) is 4.25. The Balaban J connectivity index is 1.42. The summed E-state index contributed by atoms with van der Waals surface area (Å²) in [7, 11) is 0. The van der Waals surface area contributed by atoms with Crippen LogP contribution in [0.2, 0.25) is 0 Å². The van der Waals surface area contributed by atoms with Gasteiger partial charge in [-0.15, -0.1) is 0 Å². The lowest BCUT2D eigenvalue weighted by Crippen LogP contribution is -2.56. The Morgan fingerprint density at radius 1 is 1.19 bits per heavy atom. The summed E-state index contributed by atoms with van der Waals surface area (Å²) in [6, 6.07) is 11.4. The molecule has 1 N–H and O–H groups in total. The van der Waals surface area contributed by atoms with Crippen molar-refractivity contribution in [3.05, 3.63) is 59.9 Å². The van der Waals surface area contributed by atoms with Crippen LogP contribution in [0.25, 0.3) is 10.9 Å². The second kappa shape index (κ2) is 6.05. The minimum absolute atomic E-state index is 0.210. The number of likely N-dealkylation sites (tertiary alicyclic amines) is 1. The molecule has 1 amide bonds. The SMILES string of the molecule is O=C(c1cc2ccccc2[nH]1)N1CC(Oc2ncccc2C(F)(F)F)C1. The van der Waals surface area contributed by atoms with Crippen LogP contribution in [0.1, 0.15) is 16.1 Å². The summed E-state index contributed by atoms with van der Waals surface area (Å²) in [4.78, 5) is 20.7. The standard InChI is InChI=1S/C18H14F3N3O2/c19-18(20,21)13-5-3-7-22-16(13)26-12-9-24(10-12)17(25)15-8-11-4-1-2-6-14(11)23-15/h1-8,12,23H,9-10H2. The molecule has 0 bridgehead atoms. The second-order valence-electron chi connectivity index (χ2n) is 6.07. The number of fused-ring (bicyclic) bond motifs is 1. The summed E-state index contributed by atoms with van der Waals surface area (Å²) in [6.45, 7) is 0.421. The van der Waals surface area contributed by atoms with Crippen molar-refractivity contribution in [3.8, 4) is 5.88 Å². The number of carbonyl (C=O) groups is 1. The third-order valence-corrected chi connectivity index (χ3v) is 4.25. The van der Waals surface area contributed by atoms with Gasteiger partial charge in [0.15, 0.2) is 0 Å². The molecule has 8 heteroatoms. The topological polar surface area (TPSA) is 58.2 Å². The van der Waals surface area contributed by atoms with E-state index in [1.54, 1.807) is 6.07 Å². The van der Waals surface area contributed by atoms with Crippen molar-refractivity contribution in [2.45, 2.75) is 12.3 Å². The molecule has 0 saturated carbocycles. The van der Waals surface area contributed by atoms with Gasteiger partial charge in [-0.2, -0.15) is 13.2 Å². The van der Waals surface area contributed by atoms with E-state index in [2.05, 4.69) is 9.97 Å². The van der Waals surface area contributed by atoms with Crippen LogP contribution >= 0.6 is 0 Å². The lowest BCUT2D eigenvalue weighted by Gasteiger charge is -2.38. The van der Waals surface area contributed by atoms with Gasteiger partial charge in [-0.3, -0.25) is 4.79 Å². The molecule has 1 fully saturated rings. The van der Waals surface area contributed by atoms with Crippen LogP contribution < -0.4 is 4.74 Å². The van der Waals surface area contributed by atoms with E-state index in [9.17, 15) is 18.0 Å². The molecule has 2 aromatic heterocycles. The summed E-state index contributed by atoms with van der Waals surface area (Å²) in [5.41, 5.74) is 0.381. The van der Waals surface area contributed by atoms with E-state index in [1.807, 2.05) is 24.3 Å². The number of H-pyrrole nitrogens is 1. The van der Waals surface area contributed by atoms with Crippen molar-refractivity contribution in [3.63, 3.8) is 0 Å². The quantitative estimate of drug-likeness (QED) is 0.777. The summed E-state index contributed by atoms with van der Waals surface area (Å²) in [6.07, 6.45) is -3.80. The maximum Gasteiger partial charge on any atom is 0.421 e. The van der Waals surface area contributed by atoms with Crippen LogP contribution in [0.3, 0.4) is 0 Å². The lowest BCUT2D eigenvalue weighted by atomic mass is 10.1. The van der Waals surface area contributed by atoms with E-state index < -0.39 is 23.7 Å². The normalized spacial score (nSPS) is 15.1. The molecule has 4 rings (SSSR count). The molecule has 1 aliphatic heterocycles. The number of ether oxygens (including phenoxy) is 1. The molecule has 1 aromatic carbocycles. The molecule has 1 saturated heterocycles. The van der Waals surface area contributed by atoms with Gasteiger partial charge >= 0.3 is 6.18 Å². The first-order valence-electron chi connectivity index (χ1n) is 7.98. The number of hydrogen-bond donors (Lipinski definition) is 1. The first kappa shape index (κ1) is 16.4. The molecule has 26 heavy (non-hydrogen) atoms. The summed E-state index contributed by atoms with van der Waals surface area (Å²) < 4.78 is 44.2. The van der Waals surface area contributed by atoms with Crippen LogP contribution in [0, 0.1) is 0 Å². The van der Waals surface area contributed by atoms with Gasteiger partial charge in [0, 0.05) is 17.1 Å². The Kier molecular flexibility index (Phi) is 3.82. The molecular weight excluding hydrogens is 347 g/mol. The largest absolute Gasteiger partial charge is 0.470 e. The van der Waals surface area contributed by atoms with E-state index in [0.29, 0.717) is 5.69 Å². The van der Waals surface area contributed by atoms with Crippen LogP contribution in [0.4, 0.5) is 13.2 Å². The highest BCUT2D eigenvalue weighted by Gasteiger charge is 2.38. The van der Waals surface area contributed by atoms with Crippen molar-refractivity contribution in [2.24, 2.45) is 0 Å². The Morgan fingerprint density at radius 3 is 2.69 bits per heavy atom. The average Bonchev–Trinajstić information content (AvgIpc) is 3.01. The first-order valence-corrected chi connectivity index (χ1v) is 7.98. The molecular formula is C18H14F3N3O2. The van der Waals surface area contributed by atoms with Gasteiger partial charge in [0.05, 0.1) is 13.1 Å². The second-order valence-corrected chi connectivity index (χ2v) is 6.07. The van der Waals surface area contributed by atoms with Gasteiger partial charge in [0.1, 0.15) is 17.4 Å². The van der Waals surface area contributed by atoms with Gasteiger partial charge in [0.2, 0.25) is 5.88 Å². The average molecular weight is 361 g/mol. The Labute approximate surface area is 146 Å². The van der Waals surface area contributed by atoms with E-state index in [1.165, 1.54) is 17.2 Å². The van der Waals surface area contributed by atoms with E-state index in [-0.39, 0.29) is 19.0 Å². The van der Waals surface area contributed by atoms with E-state index >= 15 is 0 Å². The number of halogens is 3. The van der Waals surface area contributed by atoms with Crippen molar-refractivity contribution in [1.29, 1.82) is 0 Å². The van der Waals surface area contributed by atoms with Crippen molar-refractivity contribution < 1.29 is 22.7 Å². The highest BCUT2D eigenvalue weighted by molar-refractivity contribution is 5.98. The Hall–Kier alpha value is -3.03.